The highest BCUT2D eigenvalue weighted by Crippen LogP contribution is 2.33. The van der Waals surface area contributed by atoms with Crippen LogP contribution in [-0.4, -0.2) is 31.2 Å². The number of hydrogen-bond donors (Lipinski definition) is 2. The fraction of sp³-hybridized carbons (Fsp3) is 0.143. The van der Waals surface area contributed by atoms with Crippen LogP contribution in [0.15, 0.2) is 60.8 Å². The Balaban J connectivity index is 1.42. The number of fused-ring (bicyclic) bond motifs is 1. The third-order valence-electron chi connectivity index (χ3n) is 4.15. The number of aromatic nitrogens is 1. The summed E-state index contributed by atoms with van der Waals surface area (Å²) in [6.45, 7) is 1.10. The first-order valence-corrected chi connectivity index (χ1v) is 8.79. The molecule has 0 radical (unpaired) electrons. The van der Waals surface area contributed by atoms with Crippen molar-refractivity contribution in [2.75, 3.05) is 31.0 Å². The Morgan fingerprint density at radius 2 is 1.79 bits per heavy atom. The van der Waals surface area contributed by atoms with E-state index in [4.69, 9.17) is 14.2 Å². The first-order valence-electron chi connectivity index (χ1n) is 8.79. The molecule has 4 rings (SSSR count). The van der Waals surface area contributed by atoms with E-state index < -0.39 is 0 Å². The zero-order valence-corrected chi connectivity index (χ0v) is 15.3. The maximum Gasteiger partial charge on any atom is 0.274 e. The molecule has 0 fully saturated rings. The topological polar surface area (TPSA) is 81.7 Å². The lowest BCUT2D eigenvalue weighted by molar-refractivity contribution is 0.102. The third kappa shape index (κ3) is 3.98. The molecule has 1 aliphatic heterocycles. The minimum absolute atomic E-state index is 0.292. The number of anilines is 3. The molecule has 0 aliphatic carbocycles. The summed E-state index contributed by atoms with van der Waals surface area (Å²) in [5.74, 6) is 1.82. The Bertz CT molecular complexity index is 989. The van der Waals surface area contributed by atoms with Gasteiger partial charge in [0, 0.05) is 23.5 Å². The van der Waals surface area contributed by atoms with Gasteiger partial charge in [-0.25, -0.2) is 4.98 Å². The second-order valence-corrected chi connectivity index (χ2v) is 6.10. The van der Waals surface area contributed by atoms with Crippen molar-refractivity contribution >= 4 is 23.0 Å². The lowest BCUT2D eigenvalue weighted by Gasteiger charge is -2.19. The minimum Gasteiger partial charge on any atom is -0.497 e. The molecule has 0 bridgehead atoms. The summed E-state index contributed by atoms with van der Waals surface area (Å²) in [7, 11) is 1.58. The van der Waals surface area contributed by atoms with E-state index in [1.807, 2.05) is 30.3 Å². The maximum absolute atomic E-state index is 12.4. The number of hydrogen-bond acceptors (Lipinski definition) is 6. The van der Waals surface area contributed by atoms with Gasteiger partial charge in [0.2, 0.25) is 0 Å². The molecule has 0 spiro atoms. The summed E-state index contributed by atoms with van der Waals surface area (Å²) in [6.07, 6.45) is 1.61. The number of amides is 1. The van der Waals surface area contributed by atoms with Crippen LogP contribution in [0.4, 0.5) is 17.1 Å². The Morgan fingerprint density at radius 3 is 2.57 bits per heavy atom. The third-order valence-corrected chi connectivity index (χ3v) is 4.15. The summed E-state index contributed by atoms with van der Waals surface area (Å²) in [6, 6.07) is 16.2. The van der Waals surface area contributed by atoms with Crippen LogP contribution in [0, 0.1) is 0 Å². The van der Waals surface area contributed by atoms with Gasteiger partial charge in [0.1, 0.15) is 24.7 Å². The van der Waals surface area contributed by atoms with Crippen molar-refractivity contribution in [1.82, 2.24) is 4.98 Å². The second kappa shape index (κ2) is 7.87. The summed E-state index contributed by atoms with van der Waals surface area (Å²) < 4.78 is 16.3. The molecule has 1 amide bonds. The molecule has 7 nitrogen and oxygen atoms in total. The van der Waals surface area contributed by atoms with Crippen LogP contribution in [0.3, 0.4) is 0 Å². The fourth-order valence-corrected chi connectivity index (χ4v) is 2.79. The van der Waals surface area contributed by atoms with E-state index in [0.717, 1.165) is 17.1 Å². The van der Waals surface area contributed by atoms with E-state index >= 15 is 0 Å². The van der Waals surface area contributed by atoms with Crippen molar-refractivity contribution in [1.29, 1.82) is 0 Å². The first-order chi connectivity index (χ1) is 13.7. The van der Waals surface area contributed by atoms with Crippen LogP contribution in [0.2, 0.25) is 0 Å². The highest BCUT2D eigenvalue weighted by atomic mass is 16.6. The molecule has 142 valence electrons. The lowest BCUT2D eigenvalue weighted by Crippen LogP contribution is -2.15. The van der Waals surface area contributed by atoms with Gasteiger partial charge in [0.15, 0.2) is 11.5 Å². The number of methoxy groups -OCH3 is 1. The number of rotatable bonds is 5. The van der Waals surface area contributed by atoms with E-state index in [9.17, 15) is 4.79 Å². The molecule has 2 N–H and O–H groups in total. The first kappa shape index (κ1) is 17.7. The van der Waals surface area contributed by atoms with Crippen molar-refractivity contribution in [3.05, 3.63) is 66.5 Å². The number of carbonyl (C=O) groups excluding carboxylic acids is 1. The molecule has 3 aromatic rings. The number of benzene rings is 2. The zero-order valence-electron chi connectivity index (χ0n) is 15.3. The molecule has 1 aliphatic rings. The lowest BCUT2D eigenvalue weighted by atomic mass is 10.2. The Hall–Kier alpha value is -3.74. The van der Waals surface area contributed by atoms with Crippen molar-refractivity contribution < 1.29 is 19.0 Å². The van der Waals surface area contributed by atoms with Gasteiger partial charge in [-0.15, -0.1) is 0 Å². The summed E-state index contributed by atoms with van der Waals surface area (Å²) >= 11 is 0. The highest BCUT2D eigenvalue weighted by Gasteiger charge is 2.12. The minimum atomic E-state index is -0.292. The number of nitrogens with one attached hydrogen (secondary N) is 2. The quantitative estimate of drug-likeness (QED) is 0.703. The van der Waals surface area contributed by atoms with Gasteiger partial charge >= 0.3 is 0 Å². The molecule has 0 unspecified atom stereocenters. The molecule has 0 saturated heterocycles. The standard InChI is InChI=1S/C21H19N3O4/c1-26-17-4-2-3-14(11-17)24-21(25)18-7-5-16(13-22-18)23-15-6-8-19-20(12-15)28-10-9-27-19/h2-8,11-13,23H,9-10H2,1H3,(H,24,25). The van der Waals surface area contributed by atoms with E-state index in [1.54, 1.807) is 37.6 Å². The number of nitrogens with zero attached hydrogens (tertiary/aromatic N) is 1. The zero-order chi connectivity index (χ0) is 19.3. The molecule has 28 heavy (non-hydrogen) atoms. The normalized spacial score (nSPS) is 12.2. The molecule has 1 aromatic heterocycles. The molecule has 2 aromatic carbocycles. The molecular weight excluding hydrogens is 358 g/mol. The smallest absolute Gasteiger partial charge is 0.274 e. The van der Waals surface area contributed by atoms with Crippen molar-refractivity contribution in [3.8, 4) is 17.2 Å². The van der Waals surface area contributed by atoms with Gasteiger partial charge in [0.05, 0.1) is 19.0 Å². The fourth-order valence-electron chi connectivity index (χ4n) is 2.79. The molecule has 2 heterocycles. The van der Waals surface area contributed by atoms with E-state index in [-0.39, 0.29) is 5.91 Å². The number of ether oxygens (including phenoxy) is 3. The van der Waals surface area contributed by atoms with Crippen molar-refractivity contribution in [2.24, 2.45) is 0 Å². The summed E-state index contributed by atoms with van der Waals surface area (Å²) in [4.78, 5) is 16.6. The number of pyridine rings is 1. The van der Waals surface area contributed by atoms with Gasteiger partial charge < -0.3 is 24.8 Å². The monoisotopic (exact) mass is 377 g/mol. The molecular formula is C21H19N3O4. The average Bonchev–Trinajstić information content (AvgIpc) is 2.74. The maximum atomic E-state index is 12.4. The van der Waals surface area contributed by atoms with Crippen LogP contribution in [0.1, 0.15) is 10.5 Å². The van der Waals surface area contributed by atoms with Crippen LogP contribution in [0.25, 0.3) is 0 Å². The Morgan fingerprint density at radius 1 is 0.964 bits per heavy atom. The molecule has 0 saturated carbocycles. The molecule has 7 heteroatoms. The average molecular weight is 377 g/mol. The van der Waals surface area contributed by atoms with Gasteiger partial charge in [-0.05, 0) is 36.4 Å². The van der Waals surface area contributed by atoms with Crippen molar-refractivity contribution in [3.63, 3.8) is 0 Å². The summed E-state index contributed by atoms with van der Waals surface area (Å²) in [5.41, 5.74) is 2.56. The largest absolute Gasteiger partial charge is 0.497 e. The Kier molecular flexibility index (Phi) is 4.97. The van der Waals surface area contributed by atoms with Crippen LogP contribution < -0.4 is 24.8 Å². The van der Waals surface area contributed by atoms with E-state index in [2.05, 4.69) is 15.6 Å². The van der Waals surface area contributed by atoms with E-state index in [0.29, 0.717) is 36.1 Å². The molecule has 0 atom stereocenters. The van der Waals surface area contributed by atoms with Gasteiger partial charge in [-0.2, -0.15) is 0 Å². The SMILES string of the molecule is COc1cccc(NC(=O)c2ccc(Nc3ccc4c(c3)OCCO4)cn2)c1. The number of carbonyl (C=O) groups is 1. The highest BCUT2D eigenvalue weighted by molar-refractivity contribution is 6.03. The summed E-state index contributed by atoms with van der Waals surface area (Å²) in [5, 5.41) is 6.04. The van der Waals surface area contributed by atoms with Crippen LogP contribution in [0.5, 0.6) is 17.2 Å². The van der Waals surface area contributed by atoms with Crippen LogP contribution >= 0.6 is 0 Å². The second-order valence-electron chi connectivity index (χ2n) is 6.10. The van der Waals surface area contributed by atoms with E-state index in [1.165, 1.54) is 0 Å². The van der Waals surface area contributed by atoms with Crippen molar-refractivity contribution in [2.45, 2.75) is 0 Å². The van der Waals surface area contributed by atoms with Crippen LogP contribution in [-0.2, 0) is 0 Å². The predicted molar refractivity (Wildman–Crippen MR) is 106 cm³/mol. The Labute approximate surface area is 162 Å². The van der Waals surface area contributed by atoms with Gasteiger partial charge in [-0.1, -0.05) is 6.07 Å². The van der Waals surface area contributed by atoms with Gasteiger partial charge in [0.25, 0.3) is 5.91 Å². The van der Waals surface area contributed by atoms with Gasteiger partial charge in [-0.3, -0.25) is 4.79 Å². The predicted octanol–water partition coefficient (Wildman–Crippen LogP) is 3.86.